The molecule has 2 amide bonds. The molecule has 1 aromatic heterocycles. The summed E-state index contributed by atoms with van der Waals surface area (Å²) < 4.78 is 71.5. The Morgan fingerprint density at radius 3 is 2.32 bits per heavy atom. The summed E-state index contributed by atoms with van der Waals surface area (Å²) in [6, 6.07) is 7.82. The van der Waals surface area contributed by atoms with Crippen molar-refractivity contribution >= 4 is 23.2 Å². The van der Waals surface area contributed by atoms with Crippen molar-refractivity contribution in [3.63, 3.8) is 0 Å². The Bertz CT molecular complexity index is 1150. The van der Waals surface area contributed by atoms with Crippen LogP contribution in [-0.4, -0.2) is 29.8 Å². The van der Waals surface area contributed by atoms with Crippen LogP contribution in [0, 0.1) is 11.6 Å². The van der Waals surface area contributed by atoms with Crippen molar-refractivity contribution in [1.82, 2.24) is 15.6 Å². The van der Waals surface area contributed by atoms with Crippen LogP contribution in [0.25, 0.3) is 0 Å². The number of benzene rings is 2. The van der Waals surface area contributed by atoms with Gasteiger partial charge in [-0.15, -0.1) is 24.5 Å². The SMILES string of the molecule is O=C(COc1ccc(OC(F)(F)F)cc1)NCc1nc(C(=O)NCc2ccc(F)c(F)c2)cs1. The second-order valence-corrected chi connectivity index (χ2v) is 7.58. The van der Waals surface area contributed by atoms with Gasteiger partial charge in [0.05, 0.1) is 6.54 Å². The van der Waals surface area contributed by atoms with Gasteiger partial charge in [-0.2, -0.15) is 0 Å². The number of ether oxygens (including phenoxy) is 2. The Labute approximate surface area is 193 Å². The van der Waals surface area contributed by atoms with E-state index < -0.39 is 42.2 Å². The van der Waals surface area contributed by atoms with Crippen LogP contribution in [0.5, 0.6) is 11.5 Å². The van der Waals surface area contributed by atoms with Crippen LogP contribution < -0.4 is 20.1 Å². The molecule has 34 heavy (non-hydrogen) atoms. The van der Waals surface area contributed by atoms with E-state index in [1.165, 1.54) is 23.6 Å². The van der Waals surface area contributed by atoms with Gasteiger partial charge in [-0.25, -0.2) is 13.8 Å². The fourth-order valence-electron chi connectivity index (χ4n) is 2.53. The summed E-state index contributed by atoms with van der Waals surface area (Å²) in [5.74, 6) is -3.30. The first-order chi connectivity index (χ1) is 16.1. The van der Waals surface area contributed by atoms with Crippen molar-refractivity contribution in [2.24, 2.45) is 0 Å². The van der Waals surface area contributed by atoms with Gasteiger partial charge in [0.1, 0.15) is 22.2 Å². The molecule has 2 N–H and O–H groups in total. The highest BCUT2D eigenvalue weighted by Gasteiger charge is 2.31. The molecule has 2 aromatic carbocycles. The van der Waals surface area contributed by atoms with Gasteiger partial charge in [-0.05, 0) is 42.0 Å². The van der Waals surface area contributed by atoms with Crippen molar-refractivity contribution in [2.75, 3.05) is 6.61 Å². The zero-order chi connectivity index (χ0) is 24.7. The Morgan fingerprint density at radius 2 is 1.65 bits per heavy atom. The summed E-state index contributed by atoms with van der Waals surface area (Å²) in [6.45, 7) is -0.408. The zero-order valence-electron chi connectivity index (χ0n) is 17.1. The molecule has 1 heterocycles. The Morgan fingerprint density at radius 1 is 0.941 bits per heavy atom. The number of nitrogens with zero attached hydrogens (tertiary/aromatic N) is 1. The van der Waals surface area contributed by atoms with Crippen LogP contribution in [0.15, 0.2) is 47.8 Å². The normalized spacial score (nSPS) is 11.1. The molecule has 0 atom stereocenters. The van der Waals surface area contributed by atoms with E-state index >= 15 is 0 Å². The number of aromatic nitrogens is 1. The summed E-state index contributed by atoms with van der Waals surface area (Å²) in [5.41, 5.74) is 0.465. The van der Waals surface area contributed by atoms with Crippen LogP contribution in [-0.2, 0) is 17.9 Å². The number of amides is 2. The highest BCUT2D eigenvalue weighted by molar-refractivity contribution is 7.09. The summed E-state index contributed by atoms with van der Waals surface area (Å²) in [4.78, 5) is 28.2. The standard InChI is InChI=1S/C21H16F5N3O4S/c22-15-6-1-12(7-16(15)23)8-28-20(31)17-11-34-19(29-17)9-27-18(30)10-32-13-2-4-14(5-3-13)33-21(24,25)26/h1-7,11H,8-10H2,(H,27,30)(H,28,31). The molecule has 0 bridgehead atoms. The number of nitrogens with one attached hydrogen (secondary N) is 2. The average Bonchev–Trinajstić information content (AvgIpc) is 3.26. The second kappa shape index (κ2) is 10.9. The smallest absolute Gasteiger partial charge is 0.484 e. The molecule has 0 spiro atoms. The van der Waals surface area contributed by atoms with Gasteiger partial charge >= 0.3 is 6.36 Å². The Balaban J connectivity index is 1.41. The van der Waals surface area contributed by atoms with E-state index in [4.69, 9.17) is 4.74 Å². The third-order valence-electron chi connectivity index (χ3n) is 4.09. The fraction of sp³-hybridized carbons (Fsp3) is 0.190. The van der Waals surface area contributed by atoms with Gasteiger partial charge in [-0.3, -0.25) is 9.59 Å². The lowest BCUT2D eigenvalue weighted by atomic mass is 10.2. The number of rotatable bonds is 9. The maximum Gasteiger partial charge on any atom is 0.573 e. The van der Waals surface area contributed by atoms with Crippen LogP contribution in [0.2, 0.25) is 0 Å². The number of hydrogen-bond acceptors (Lipinski definition) is 6. The predicted octanol–water partition coefficient (Wildman–Crippen LogP) is 3.95. The van der Waals surface area contributed by atoms with Crippen molar-refractivity contribution in [2.45, 2.75) is 19.5 Å². The van der Waals surface area contributed by atoms with E-state index in [1.807, 2.05) is 0 Å². The zero-order valence-corrected chi connectivity index (χ0v) is 17.9. The number of hydrogen-bond donors (Lipinski definition) is 2. The topological polar surface area (TPSA) is 89.6 Å². The number of thiazole rings is 1. The minimum atomic E-state index is -4.80. The van der Waals surface area contributed by atoms with Crippen molar-refractivity contribution in [3.05, 3.63) is 75.7 Å². The summed E-state index contributed by atoms with van der Waals surface area (Å²) in [6.07, 6.45) is -4.80. The monoisotopic (exact) mass is 501 g/mol. The van der Waals surface area contributed by atoms with E-state index in [9.17, 15) is 31.5 Å². The second-order valence-electron chi connectivity index (χ2n) is 6.64. The van der Waals surface area contributed by atoms with E-state index in [1.54, 1.807) is 0 Å². The first-order valence-electron chi connectivity index (χ1n) is 9.51. The highest BCUT2D eigenvalue weighted by atomic mass is 32.1. The van der Waals surface area contributed by atoms with Crippen molar-refractivity contribution < 1.29 is 41.0 Å². The molecule has 7 nitrogen and oxygen atoms in total. The van der Waals surface area contributed by atoms with Crippen molar-refractivity contribution in [3.8, 4) is 11.5 Å². The molecular weight excluding hydrogens is 485 g/mol. The van der Waals surface area contributed by atoms with Crippen LogP contribution in [0.1, 0.15) is 21.1 Å². The minimum absolute atomic E-state index is 0.0155. The minimum Gasteiger partial charge on any atom is -0.484 e. The molecule has 13 heteroatoms. The molecule has 0 fully saturated rings. The molecule has 180 valence electrons. The molecule has 0 unspecified atom stereocenters. The van der Waals surface area contributed by atoms with E-state index in [0.29, 0.717) is 10.6 Å². The van der Waals surface area contributed by atoms with Crippen LogP contribution in [0.3, 0.4) is 0 Å². The lowest BCUT2D eigenvalue weighted by Crippen LogP contribution is -2.28. The molecule has 0 aliphatic carbocycles. The highest BCUT2D eigenvalue weighted by Crippen LogP contribution is 2.24. The van der Waals surface area contributed by atoms with E-state index in [-0.39, 0.29) is 24.5 Å². The first kappa shape index (κ1) is 24.9. The fourth-order valence-corrected chi connectivity index (χ4v) is 3.24. The third kappa shape index (κ3) is 7.69. The molecule has 0 saturated heterocycles. The quantitative estimate of drug-likeness (QED) is 0.434. The molecule has 3 rings (SSSR count). The molecule has 0 saturated carbocycles. The molecule has 0 radical (unpaired) electrons. The first-order valence-corrected chi connectivity index (χ1v) is 10.4. The van der Waals surface area contributed by atoms with Crippen molar-refractivity contribution in [1.29, 1.82) is 0 Å². The summed E-state index contributed by atoms with van der Waals surface area (Å²) in [5, 5.41) is 6.97. The molecule has 0 aliphatic heterocycles. The van der Waals surface area contributed by atoms with Gasteiger partial charge < -0.3 is 20.1 Å². The average molecular weight is 501 g/mol. The predicted molar refractivity (Wildman–Crippen MR) is 110 cm³/mol. The number of halogens is 5. The lowest BCUT2D eigenvalue weighted by Gasteiger charge is -2.10. The van der Waals surface area contributed by atoms with Gasteiger partial charge in [0, 0.05) is 11.9 Å². The maximum atomic E-state index is 13.2. The number of alkyl halides is 3. The van der Waals surface area contributed by atoms with Crippen LogP contribution >= 0.6 is 11.3 Å². The summed E-state index contributed by atoms with van der Waals surface area (Å²) >= 11 is 1.12. The molecule has 3 aromatic rings. The van der Waals surface area contributed by atoms with Crippen LogP contribution in [0.4, 0.5) is 22.0 Å². The van der Waals surface area contributed by atoms with Gasteiger partial charge in [0.2, 0.25) is 0 Å². The van der Waals surface area contributed by atoms with Gasteiger partial charge in [-0.1, -0.05) is 6.07 Å². The van der Waals surface area contributed by atoms with Gasteiger partial charge in [0.15, 0.2) is 18.2 Å². The Kier molecular flexibility index (Phi) is 7.99. The molecule has 0 aliphatic rings. The maximum absolute atomic E-state index is 13.2. The molecular formula is C21H16F5N3O4S. The lowest BCUT2D eigenvalue weighted by molar-refractivity contribution is -0.274. The summed E-state index contributed by atoms with van der Waals surface area (Å²) in [7, 11) is 0. The third-order valence-corrected chi connectivity index (χ3v) is 4.93. The van der Waals surface area contributed by atoms with E-state index in [0.717, 1.165) is 35.6 Å². The van der Waals surface area contributed by atoms with Gasteiger partial charge in [0.25, 0.3) is 11.8 Å². The largest absolute Gasteiger partial charge is 0.573 e. The Hall–Kier alpha value is -3.74. The number of carbonyl (C=O) groups is 2. The number of carbonyl (C=O) groups excluding carboxylic acids is 2. The van der Waals surface area contributed by atoms with E-state index in [2.05, 4.69) is 20.4 Å².